The number of oxazole rings is 1. The molecule has 0 aromatic carbocycles. The Balaban J connectivity index is 1.54. The molecular weight excluding hydrogens is 705 g/mol. The third-order valence-corrected chi connectivity index (χ3v) is 8.45. The standard InChI is InChI=1S/C34H41BrFN5O8/c1-20-6-4-11-38-29(43)9-8-21(2)31(22(3)18-48-34(46)39-24-10-12-37-28(35)17-24)49-33(45)27-7-5-13-41(27)32(44)26-19-47-30(40-26)16-23(36)15-25(42)14-20/h4,6,8-10,12,14,17,19,21-23,25,27,31,42H,5,7,11,13,15-16,18H2,1-3H3,(H,38,43)(H,37,39,46)/b6-4+,9-8+,20-14+. The predicted molar refractivity (Wildman–Crippen MR) is 180 cm³/mol. The van der Waals surface area contributed by atoms with Gasteiger partial charge in [0.2, 0.25) is 5.91 Å². The van der Waals surface area contributed by atoms with Crippen LogP contribution in [0.25, 0.3) is 0 Å². The van der Waals surface area contributed by atoms with Gasteiger partial charge in [-0.1, -0.05) is 43.7 Å². The lowest BCUT2D eigenvalue weighted by Gasteiger charge is -2.30. The number of halogens is 2. The van der Waals surface area contributed by atoms with Gasteiger partial charge in [-0.3, -0.25) is 14.9 Å². The summed E-state index contributed by atoms with van der Waals surface area (Å²) in [6.45, 7) is 5.58. The van der Waals surface area contributed by atoms with Crippen molar-refractivity contribution in [3.8, 4) is 0 Å². The number of amides is 3. The number of rotatable bonds is 4. The minimum atomic E-state index is -1.50. The lowest BCUT2D eigenvalue weighted by molar-refractivity contribution is -0.159. The predicted octanol–water partition coefficient (Wildman–Crippen LogP) is 4.69. The summed E-state index contributed by atoms with van der Waals surface area (Å²) in [6.07, 6.45) is 6.71. The fraction of sp³-hybridized carbons (Fsp3) is 0.471. The number of pyridine rings is 1. The van der Waals surface area contributed by atoms with Gasteiger partial charge in [0.1, 0.15) is 29.2 Å². The second-order valence-electron chi connectivity index (χ2n) is 12.1. The van der Waals surface area contributed by atoms with Crippen molar-refractivity contribution in [3.05, 3.63) is 76.7 Å². The second-order valence-corrected chi connectivity index (χ2v) is 12.9. The summed E-state index contributed by atoms with van der Waals surface area (Å²) in [6, 6.07) is 2.27. The van der Waals surface area contributed by atoms with Gasteiger partial charge in [0.15, 0.2) is 11.6 Å². The fourth-order valence-corrected chi connectivity index (χ4v) is 5.93. The maximum absolute atomic E-state index is 14.8. The van der Waals surface area contributed by atoms with Crippen LogP contribution in [0.3, 0.4) is 0 Å². The molecule has 1 fully saturated rings. The first-order chi connectivity index (χ1) is 23.4. The van der Waals surface area contributed by atoms with Crippen LogP contribution in [-0.4, -0.2) is 88.0 Å². The van der Waals surface area contributed by atoms with E-state index in [1.54, 1.807) is 51.1 Å². The maximum Gasteiger partial charge on any atom is 0.411 e. The summed E-state index contributed by atoms with van der Waals surface area (Å²) in [4.78, 5) is 61.7. The van der Waals surface area contributed by atoms with E-state index in [0.717, 1.165) is 6.26 Å². The van der Waals surface area contributed by atoms with Crippen LogP contribution in [0.4, 0.5) is 14.9 Å². The molecule has 0 spiro atoms. The Morgan fingerprint density at radius 2 is 2.10 bits per heavy atom. The van der Waals surface area contributed by atoms with Crippen molar-refractivity contribution < 1.29 is 42.6 Å². The molecule has 3 amide bonds. The van der Waals surface area contributed by atoms with Gasteiger partial charge >= 0.3 is 12.1 Å². The number of aliphatic hydroxyl groups is 1. The number of aromatic nitrogens is 2. The molecule has 13 nitrogen and oxygen atoms in total. The molecule has 2 bridgehead atoms. The number of nitrogens with one attached hydrogen (secondary N) is 2. The highest BCUT2D eigenvalue weighted by atomic mass is 79.9. The number of carbonyl (C=O) groups is 4. The molecular formula is C34H41BrFN5O8. The number of carbonyl (C=O) groups excluding carboxylic acids is 4. The fourth-order valence-electron chi connectivity index (χ4n) is 5.57. The molecule has 6 unspecified atom stereocenters. The van der Waals surface area contributed by atoms with Gasteiger partial charge in [-0.05, 0) is 53.9 Å². The molecule has 4 rings (SSSR count). The second kappa shape index (κ2) is 17.9. The van der Waals surface area contributed by atoms with Crippen LogP contribution in [0.1, 0.15) is 56.4 Å². The van der Waals surface area contributed by atoms with Crippen molar-refractivity contribution in [3.63, 3.8) is 0 Å². The normalized spacial score (nSPS) is 27.5. The van der Waals surface area contributed by atoms with Crippen molar-refractivity contribution in [2.45, 2.75) is 70.9 Å². The Kier molecular flexibility index (Phi) is 13.6. The Morgan fingerprint density at radius 3 is 2.88 bits per heavy atom. The number of allylic oxidation sites excluding steroid dienone is 2. The van der Waals surface area contributed by atoms with E-state index in [1.807, 2.05) is 0 Å². The van der Waals surface area contributed by atoms with Gasteiger partial charge in [0.25, 0.3) is 5.91 Å². The van der Waals surface area contributed by atoms with Crippen molar-refractivity contribution in [2.24, 2.45) is 11.8 Å². The summed E-state index contributed by atoms with van der Waals surface area (Å²) in [5.41, 5.74) is 1.06. The lowest BCUT2D eigenvalue weighted by atomic mass is 9.93. The lowest BCUT2D eigenvalue weighted by Crippen LogP contribution is -2.44. The molecule has 1 saturated heterocycles. The Hall–Kier alpha value is -4.37. The van der Waals surface area contributed by atoms with Gasteiger partial charge in [0.05, 0.1) is 19.1 Å². The zero-order valence-electron chi connectivity index (χ0n) is 27.5. The quantitative estimate of drug-likeness (QED) is 0.295. The number of fused-ring (bicyclic) bond motifs is 3. The van der Waals surface area contributed by atoms with Gasteiger partial charge in [-0.2, -0.15) is 0 Å². The van der Waals surface area contributed by atoms with Crippen molar-refractivity contribution in [1.82, 2.24) is 20.2 Å². The van der Waals surface area contributed by atoms with E-state index in [-0.39, 0.29) is 44.1 Å². The number of alkyl halides is 1. The smallest absolute Gasteiger partial charge is 0.411 e. The molecule has 2 aliphatic heterocycles. The summed E-state index contributed by atoms with van der Waals surface area (Å²) in [7, 11) is 0. The van der Waals surface area contributed by atoms with Crippen molar-refractivity contribution >= 4 is 45.5 Å². The number of nitrogens with zero attached hydrogens (tertiary/aromatic N) is 3. The zero-order chi connectivity index (χ0) is 35.5. The average molecular weight is 747 g/mol. The monoisotopic (exact) mass is 745 g/mol. The van der Waals surface area contributed by atoms with Crippen LogP contribution in [0, 0.1) is 11.8 Å². The Bertz CT molecular complexity index is 1580. The molecule has 2 aliphatic rings. The molecule has 15 heteroatoms. The first-order valence-corrected chi connectivity index (χ1v) is 16.8. The molecule has 0 saturated carbocycles. The number of anilines is 1. The highest BCUT2D eigenvalue weighted by Crippen LogP contribution is 2.26. The van der Waals surface area contributed by atoms with Crippen LogP contribution >= 0.6 is 15.9 Å². The SMILES string of the molecule is CC1=C\C(O)CC(F)Cc2nc(co2)C(=O)N2CCCC2C(=O)OC(C(C)COC(=O)Nc2ccnc(Br)c2)C(C)/C=C/C(=O)NC\C=C\1. The topological polar surface area (TPSA) is 173 Å². The van der Waals surface area contributed by atoms with E-state index < -0.39 is 60.1 Å². The zero-order valence-corrected chi connectivity index (χ0v) is 29.1. The molecule has 49 heavy (non-hydrogen) atoms. The van der Waals surface area contributed by atoms with E-state index in [0.29, 0.717) is 28.7 Å². The number of hydrogen-bond acceptors (Lipinski definition) is 10. The minimum absolute atomic E-state index is 0.00814. The Morgan fingerprint density at radius 1 is 1.31 bits per heavy atom. The van der Waals surface area contributed by atoms with E-state index >= 15 is 0 Å². The van der Waals surface area contributed by atoms with Crippen LogP contribution < -0.4 is 10.6 Å². The average Bonchev–Trinajstić information content (AvgIpc) is 3.73. The van der Waals surface area contributed by atoms with Gasteiger partial charge < -0.3 is 29.2 Å². The van der Waals surface area contributed by atoms with Crippen LogP contribution in [-0.2, 0) is 25.5 Å². The Labute approximate surface area is 292 Å². The van der Waals surface area contributed by atoms with Crippen molar-refractivity contribution in [2.75, 3.05) is 25.0 Å². The molecule has 2 aromatic rings. The molecule has 4 heterocycles. The molecule has 0 radical (unpaired) electrons. The van der Waals surface area contributed by atoms with Gasteiger partial charge in [0, 0.05) is 43.2 Å². The molecule has 3 N–H and O–H groups in total. The number of ether oxygens (including phenoxy) is 2. The molecule has 264 valence electrons. The van der Waals surface area contributed by atoms with Gasteiger partial charge in [-0.25, -0.2) is 23.9 Å². The summed E-state index contributed by atoms with van der Waals surface area (Å²) in [5.74, 6) is -2.66. The third-order valence-electron chi connectivity index (χ3n) is 8.01. The minimum Gasteiger partial charge on any atom is -0.460 e. The summed E-state index contributed by atoms with van der Waals surface area (Å²) >= 11 is 3.24. The van der Waals surface area contributed by atoms with E-state index in [1.165, 1.54) is 23.2 Å². The number of aliphatic hydroxyl groups excluding tert-OH is 1. The highest BCUT2D eigenvalue weighted by Gasteiger charge is 2.39. The van der Waals surface area contributed by atoms with Crippen LogP contribution in [0.5, 0.6) is 0 Å². The van der Waals surface area contributed by atoms with Gasteiger partial charge in [-0.15, -0.1) is 0 Å². The molecule has 2 aromatic heterocycles. The van der Waals surface area contributed by atoms with Crippen LogP contribution in [0.2, 0.25) is 0 Å². The number of hydrogen-bond donors (Lipinski definition) is 3. The number of esters is 1. The first kappa shape index (κ1) is 37.4. The highest BCUT2D eigenvalue weighted by molar-refractivity contribution is 9.10. The third kappa shape index (κ3) is 11.3. The molecule has 0 aliphatic carbocycles. The van der Waals surface area contributed by atoms with Crippen molar-refractivity contribution in [1.29, 1.82) is 0 Å². The number of cyclic esters (lactones) is 1. The first-order valence-electron chi connectivity index (χ1n) is 16.0. The largest absolute Gasteiger partial charge is 0.460 e. The van der Waals surface area contributed by atoms with E-state index in [9.17, 15) is 28.7 Å². The molecule has 6 atom stereocenters. The summed E-state index contributed by atoms with van der Waals surface area (Å²) in [5, 5.41) is 15.7. The maximum atomic E-state index is 14.8. The van der Waals surface area contributed by atoms with E-state index in [2.05, 4.69) is 36.5 Å². The van der Waals surface area contributed by atoms with Crippen LogP contribution in [0.15, 0.2) is 69.6 Å². The van der Waals surface area contributed by atoms with E-state index in [4.69, 9.17) is 13.9 Å². The summed E-state index contributed by atoms with van der Waals surface area (Å²) < 4.78 is 32.1.